The summed E-state index contributed by atoms with van der Waals surface area (Å²) in [5, 5.41) is 0.288. The first-order valence-corrected chi connectivity index (χ1v) is 24.9. The highest BCUT2D eigenvalue weighted by Crippen LogP contribution is 2.36. The molecule has 0 N–H and O–H groups in total. The van der Waals surface area contributed by atoms with Gasteiger partial charge < -0.3 is 9.16 Å². The van der Waals surface area contributed by atoms with E-state index in [4.69, 9.17) is 9.16 Å². The molecule has 0 saturated carbocycles. The molecule has 0 bridgehead atoms. The molecule has 1 rings (SSSR count). The average molecular weight is 704 g/mol. The molecule has 2 atom stereocenters. The molecule has 0 spiro atoms. The third-order valence-corrected chi connectivity index (χ3v) is 15.8. The highest BCUT2D eigenvalue weighted by molar-refractivity contribution is 6.74. The lowest BCUT2D eigenvalue weighted by Gasteiger charge is -2.39. The number of ether oxygens (including phenoxy) is 1. The molecule has 1 saturated heterocycles. The van der Waals surface area contributed by atoms with Crippen molar-refractivity contribution < 1.29 is 9.16 Å². The molecule has 49 heavy (non-hydrogen) atoms. The Labute approximate surface area is 310 Å². The molecule has 1 fully saturated rings. The standard InChI is InChI=1S/C45H89NO2Si/c1-8-10-12-14-16-18-20-22-24-26-28-30-32-34-37-43-41-46(39-36-40-47-49(6,7)45(3,4)5)42-44(48-43)38-35-33-31-29-27-25-23-21-19-17-15-13-11-9-2/h22-25,43-44H,8-21,26-42H2,1-7H3/b24-22-,25-23-. The molecule has 0 aromatic heterocycles. The summed E-state index contributed by atoms with van der Waals surface area (Å²) in [5.41, 5.74) is 0. The third kappa shape index (κ3) is 26.9. The Hall–Kier alpha value is -0.423. The van der Waals surface area contributed by atoms with Crippen LogP contribution in [0, 0.1) is 0 Å². The van der Waals surface area contributed by atoms with Gasteiger partial charge in [0.1, 0.15) is 0 Å². The number of nitrogens with zero attached hydrogens (tertiary/aromatic N) is 1. The first kappa shape index (κ1) is 46.6. The van der Waals surface area contributed by atoms with Crippen molar-refractivity contribution in [3.8, 4) is 0 Å². The van der Waals surface area contributed by atoms with E-state index in [-0.39, 0.29) is 5.04 Å². The number of hydrogen-bond acceptors (Lipinski definition) is 3. The zero-order valence-electron chi connectivity index (χ0n) is 34.6. The van der Waals surface area contributed by atoms with E-state index in [1.165, 1.54) is 167 Å². The summed E-state index contributed by atoms with van der Waals surface area (Å²) in [6, 6.07) is 0. The van der Waals surface area contributed by atoms with Crippen molar-refractivity contribution in [2.75, 3.05) is 26.2 Å². The second-order valence-corrected chi connectivity index (χ2v) is 22.0. The van der Waals surface area contributed by atoms with Crippen LogP contribution in [-0.2, 0) is 9.16 Å². The summed E-state index contributed by atoms with van der Waals surface area (Å²) < 4.78 is 13.3. The van der Waals surface area contributed by atoms with Crippen LogP contribution in [0.2, 0.25) is 18.1 Å². The van der Waals surface area contributed by atoms with Gasteiger partial charge in [-0.05, 0) is 88.8 Å². The molecule has 1 aliphatic rings. The number of rotatable bonds is 33. The molecule has 290 valence electrons. The first-order chi connectivity index (χ1) is 23.7. The molecular formula is C45H89NO2Si. The van der Waals surface area contributed by atoms with Crippen LogP contribution in [0.1, 0.15) is 208 Å². The van der Waals surface area contributed by atoms with Gasteiger partial charge >= 0.3 is 0 Å². The minimum Gasteiger partial charge on any atom is -0.417 e. The predicted molar refractivity (Wildman–Crippen MR) is 223 cm³/mol. The molecule has 1 aliphatic heterocycles. The lowest BCUT2D eigenvalue weighted by Crippen LogP contribution is -2.48. The van der Waals surface area contributed by atoms with Crippen LogP contribution in [-0.4, -0.2) is 51.7 Å². The molecular weight excluding hydrogens is 615 g/mol. The zero-order valence-corrected chi connectivity index (χ0v) is 35.6. The van der Waals surface area contributed by atoms with Gasteiger partial charge in [-0.1, -0.05) is 162 Å². The van der Waals surface area contributed by atoms with Gasteiger partial charge in [0.05, 0.1) is 12.2 Å². The zero-order chi connectivity index (χ0) is 35.9. The minimum atomic E-state index is -1.66. The van der Waals surface area contributed by atoms with E-state index in [9.17, 15) is 0 Å². The molecule has 3 nitrogen and oxygen atoms in total. The fourth-order valence-electron chi connectivity index (χ4n) is 6.87. The van der Waals surface area contributed by atoms with Crippen molar-refractivity contribution in [2.45, 2.75) is 238 Å². The monoisotopic (exact) mass is 704 g/mol. The molecule has 0 aromatic carbocycles. The van der Waals surface area contributed by atoms with Crippen LogP contribution in [0.3, 0.4) is 0 Å². The molecule has 0 aliphatic carbocycles. The maximum atomic E-state index is 6.76. The van der Waals surface area contributed by atoms with E-state index in [1.54, 1.807) is 0 Å². The van der Waals surface area contributed by atoms with Crippen LogP contribution < -0.4 is 0 Å². The topological polar surface area (TPSA) is 21.7 Å². The lowest BCUT2D eigenvalue weighted by molar-refractivity contribution is -0.0925. The van der Waals surface area contributed by atoms with Crippen molar-refractivity contribution in [1.29, 1.82) is 0 Å². The van der Waals surface area contributed by atoms with Crippen molar-refractivity contribution in [2.24, 2.45) is 0 Å². The SMILES string of the molecule is CCCCCCCC/C=C\CCCCCCC1CN(CCCO[Si](C)(C)C(C)(C)C)CC(CCCCCC/C=C\CCCCCCCC)O1. The predicted octanol–water partition coefficient (Wildman–Crippen LogP) is 14.8. The van der Waals surface area contributed by atoms with Crippen molar-refractivity contribution >= 4 is 8.32 Å². The van der Waals surface area contributed by atoms with Gasteiger partial charge in [-0.3, -0.25) is 4.90 Å². The average Bonchev–Trinajstić information content (AvgIpc) is 3.06. The van der Waals surface area contributed by atoms with Crippen molar-refractivity contribution in [3.05, 3.63) is 24.3 Å². The van der Waals surface area contributed by atoms with Crippen LogP contribution in [0.4, 0.5) is 0 Å². The summed E-state index contributed by atoms with van der Waals surface area (Å²) >= 11 is 0. The summed E-state index contributed by atoms with van der Waals surface area (Å²) in [6.45, 7) is 20.7. The Kier molecular flexibility index (Phi) is 29.6. The number of allylic oxidation sites excluding steroid dienone is 4. The summed E-state index contributed by atoms with van der Waals surface area (Å²) in [6.07, 6.45) is 46.8. The van der Waals surface area contributed by atoms with Crippen LogP contribution >= 0.6 is 0 Å². The lowest BCUT2D eigenvalue weighted by atomic mass is 10.0. The fourth-order valence-corrected chi connectivity index (χ4v) is 7.96. The van der Waals surface area contributed by atoms with Gasteiger partial charge in [-0.2, -0.15) is 0 Å². The van der Waals surface area contributed by atoms with Gasteiger partial charge in [0.2, 0.25) is 0 Å². The quantitative estimate of drug-likeness (QED) is 0.0386. The van der Waals surface area contributed by atoms with Gasteiger partial charge in [-0.15, -0.1) is 0 Å². The highest BCUT2D eigenvalue weighted by atomic mass is 28.4. The first-order valence-electron chi connectivity index (χ1n) is 22.0. The number of hydrogen-bond donors (Lipinski definition) is 0. The van der Waals surface area contributed by atoms with Crippen molar-refractivity contribution in [1.82, 2.24) is 4.90 Å². The van der Waals surface area contributed by atoms with Gasteiger partial charge in [-0.25, -0.2) is 0 Å². The molecule has 4 heteroatoms. The van der Waals surface area contributed by atoms with Gasteiger partial charge in [0, 0.05) is 26.2 Å². The van der Waals surface area contributed by atoms with Gasteiger partial charge in [0.15, 0.2) is 8.32 Å². The van der Waals surface area contributed by atoms with Gasteiger partial charge in [0.25, 0.3) is 0 Å². The Balaban J connectivity index is 2.31. The van der Waals surface area contributed by atoms with E-state index in [1.807, 2.05) is 0 Å². The summed E-state index contributed by atoms with van der Waals surface area (Å²) in [7, 11) is -1.66. The summed E-state index contributed by atoms with van der Waals surface area (Å²) in [4.78, 5) is 2.72. The Bertz CT molecular complexity index is 726. The third-order valence-electron chi connectivity index (χ3n) is 11.3. The molecule has 0 radical (unpaired) electrons. The Morgan fingerprint density at radius 1 is 0.551 bits per heavy atom. The van der Waals surface area contributed by atoms with E-state index >= 15 is 0 Å². The largest absolute Gasteiger partial charge is 0.417 e. The maximum Gasteiger partial charge on any atom is 0.191 e. The minimum absolute atomic E-state index is 0.288. The molecule has 1 heterocycles. The second-order valence-electron chi connectivity index (χ2n) is 17.1. The molecule has 2 unspecified atom stereocenters. The smallest absolute Gasteiger partial charge is 0.191 e. The second kappa shape index (κ2) is 31.1. The fraction of sp³-hybridized carbons (Fsp3) is 0.911. The Morgan fingerprint density at radius 2 is 0.918 bits per heavy atom. The van der Waals surface area contributed by atoms with Crippen LogP contribution in [0.5, 0.6) is 0 Å². The Morgan fingerprint density at radius 3 is 1.31 bits per heavy atom. The normalized spacial score (nSPS) is 18.0. The van der Waals surface area contributed by atoms with E-state index in [2.05, 4.69) is 76.9 Å². The summed E-state index contributed by atoms with van der Waals surface area (Å²) in [5.74, 6) is 0. The number of morpholine rings is 1. The van der Waals surface area contributed by atoms with E-state index in [0.29, 0.717) is 12.2 Å². The van der Waals surface area contributed by atoms with E-state index < -0.39 is 8.32 Å². The highest BCUT2D eigenvalue weighted by Gasteiger charge is 2.37. The van der Waals surface area contributed by atoms with E-state index in [0.717, 1.165) is 32.7 Å². The molecule has 0 aromatic rings. The number of unbranched alkanes of at least 4 members (excludes halogenated alkanes) is 20. The molecule has 0 amide bonds. The maximum absolute atomic E-state index is 6.76. The van der Waals surface area contributed by atoms with Crippen LogP contribution in [0.15, 0.2) is 24.3 Å². The van der Waals surface area contributed by atoms with Crippen LogP contribution in [0.25, 0.3) is 0 Å². The van der Waals surface area contributed by atoms with Crippen molar-refractivity contribution in [3.63, 3.8) is 0 Å².